The first kappa shape index (κ1) is 18.2. The molecule has 1 aliphatic heterocycles. The minimum atomic E-state index is -3.51. The van der Waals surface area contributed by atoms with E-state index in [0.29, 0.717) is 11.8 Å². The van der Waals surface area contributed by atoms with Crippen LogP contribution < -0.4 is 4.72 Å². The standard InChI is InChI=1S/C16H26N4O2S.ClH/c1-19-10-16(17-11-19)23(21,22)18-15-9-20(7-12-3-2-4-12)8-14(15)13-5-6-13;/h10-15,18H,2-9H2,1H3;1H/t14-,15+;/m1./s1. The van der Waals surface area contributed by atoms with E-state index in [1.165, 1.54) is 38.4 Å². The van der Waals surface area contributed by atoms with Crippen molar-refractivity contribution < 1.29 is 8.42 Å². The molecule has 1 saturated heterocycles. The molecule has 0 bridgehead atoms. The van der Waals surface area contributed by atoms with E-state index < -0.39 is 10.0 Å². The number of rotatable bonds is 6. The number of hydrogen-bond acceptors (Lipinski definition) is 4. The number of halogens is 1. The molecular formula is C16H27ClN4O2S. The van der Waals surface area contributed by atoms with Gasteiger partial charge in [0.15, 0.2) is 5.03 Å². The molecule has 3 aliphatic rings. The predicted octanol–water partition coefficient (Wildman–Crippen LogP) is 1.63. The first-order valence-electron chi connectivity index (χ1n) is 8.74. The summed E-state index contributed by atoms with van der Waals surface area (Å²) < 4.78 is 29.8. The van der Waals surface area contributed by atoms with Crippen molar-refractivity contribution >= 4 is 22.4 Å². The molecule has 3 fully saturated rings. The molecule has 1 aromatic rings. The van der Waals surface area contributed by atoms with Crippen molar-refractivity contribution in [2.24, 2.45) is 24.8 Å². The Morgan fingerprint density at radius 3 is 2.54 bits per heavy atom. The Labute approximate surface area is 150 Å². The Bertz CT molecular complexity index is 669. The average molecular weight is 375 g/mol. The molecule has 4 rings (SSSR count). The molecule has 24 heavy (non-hydrogen) atoms. The van der Waals surface area contributed by atoms with Gasteiger partial charge in [-0.25, -0.2) is 18.1 Å². The van der Waals surface area contributed by atoms with E-state index in [2.05, 4.69) is 14.6 Å². The summed E-state index contributed by atoms with van der Waals surface area (Å²) in [5.41, 5.74) is 0. The van der Waals surface area contributed by atoms with Gasteiger partial charge in [0.05, 0.1) is 6.33 Å². The number of likely N-dealkylation sites (tertiary alicyclic amines) is 1. The van der Waals surface area contributed by atoms with E-state index in [0.717, 1.165) is 25.6 Å². The fourth-order valence-corrected chi connectivity index (χ4v) is 5.28. The highest BCUT2D eigenvalue weighted by Gasteiger charge is 2.44. The van der Waals surface area contributed by atoms with E-state index in [4.69, 9.17) is 0 Å². The highest BCUT2D eigenvalue weighted by molar-refractivity contribution is 7.89. The number of nitrogens with zero attached hydrogens (tertiary/aromatic N) is 3. The van der Waals surface area contributed by atoms with E-state index in [1.54, 1.807) is 17.8 Å². The van der Waals surface area contributed by atoms with Crippen LogP contribution >= 0.6 is 12.4 Å². The molecule has 1 aromatic heterocycles. The van der Waals surface area contributed by atoms with Gasteiger partial charge < -0.3 is 9.47 Å². The van der Waals surface area contributed by atoms with Crippen molar-refractivity contribution in [1.29, 1.82) is 0 Å². The molecule has 0 unspecified atom stereocenters. The summed E-state index contributed by atoms with van der Waals surface area (Å²) in [5.74, 6) is 2.01. The number of sulfonamides is 1. The maximum Gasteiger partial charge on any atom is 0.259 e. The Morgan fingerprint density at radius 2 is 2.00 bits per heavy atom. The van der Waals surface area contributed by atoms with E-state index in [-0.39, 0.29) is 23.5 Å². The van der Waals surface area contributed by atoms with Crippen molar-refractivity contribution in [3.8, 4) is 0 Å². The van der Waals surface area contributed by atoms with Crippen LogP contribution in [0.25, 0.3) is 0 Å². The fourth-order valence-electron chi connectivity index (χ4n) is 4.02. The van der Waals surface area contributed by atoms with Crippen LogP contribution in [0.1, 0.15) is 32.1 Å². The summed E-state index contributed by atoms with van der Waals surface area (Å²) >= 11 is 0. The second kappa shape index (κ2) is 6.94. The number of imidazole rings is 1. The van der Waals surface area contributed by atoms with Crippen LogP contribution in [-0.2, 0) is 17.1 Å². The summed E-state index contributed by atoms with van der Waals surface area (Å²) in [6.07, 6.45) is 9.65. The van der Waals surface area contributed by atoms with Gasteiger partial charge in [0.1, 0.15) is 0 Å². The normalized spacial score (nSPS) is 28.5. The molecule has 0 amide bonds. The van der Waals surface area contributed by atoms with Gasteiger partial charge in [-0.3, -0.25) is 0 Å². The molecule has 0 radical (unpaired) electrons. The first-order chi connectivity index (χ1) is 11.0. The Balaban J connectivity index is 0.00000169. The zero-order valence-electron chi connectivity index (χ0n) is 14.1. The van der Waals surface area contributed by atoms with Gasteiger partial charge in [-0.1, -0.05) is 6.42 Å². The molecule has 2 heterocycles. The molecule has 6 nitrogen and oxygen atoms in total. The predicted molar refractivity (Wildman–Crippen MR) is 94.6 cm³/mol. The summed E-state index contributed by atoms with van der Waals surface area (Å²) in [7, 11) is -1.73. The number of aryl methyl sites for hydroxylation is 1. The topological polar surface area (TPSA) is 67.2 Å². The van der Waals surface area contributed by atoms with Crippen molar-refractivity contribution in [3.63, 3.8) is 0 Å². The molecule has 8 heteroatoms. The molecule has 1 N–H and O–H groups in total. The van der Waals surface area contributed by atoms with Crippen LogP contribution in [0.5, 0.6) is 0 Å². The second-order valence-corrected chi connectivity index (χ2v) is 9.28. The van der Waals surface area contributed by atoms with E-state index in [1.807, 2.05) is 0 Å². The lowest BCUT2D eigenvalue weighted by Crippen LogP contribution is -2.41. The van der Waals surface area contributed by atoms with Gasteiger partial charge in [0.25, 0.3) is 10.0 Å². The molecule has 2 atom stereocenters. The summed E-state index contributed by atoms with van der Waals surface area (Å²) in [5, 5.41) is 0.131. The van der Waals surface area contributed by atoms with Crippen molar-refractivity contribution in [2.75, 3.05) is 19.6 Å². The van der Waals surface area contributed by atoms with Crippen molar-refractivity contribution in [1.82, 2.24) is 19.2 Å². The van der Waals surface area contributed by atoms with Crippen molar-refractivity contribution in [3.05, 3.63) is 12.5 Å². The zero-order chi connectivity index (χ0) is 16.0. The van der Waals surface area contributed by atoms with E-state index in [9.17, 15) is 8.42 Å². The quantitative estimate of drug-likeness (QED) is 0.821. The maximum atomic E-state index is 12.6. The number of aromatic nitrogens is 2. The van der Waals surface area contributed by atoms with Crippen LogP contribution in [0.3, 0.4) is 0 Å². The van der Waals surface area contributed by atoms with E-state index >= 15 is 0 Å². The smallest absolute Gasteiger partial charge is 0.259 e. The minimum Gasteiger partial charge on any atom is -0.339 e. The van der Waals surface area contributed by atoms with Crippen LogP contribution in [0.15, 0.2) is 17.6 Å². The second-order valence-electron chi connectivity index (χ2n) is 7.62. The van der Waals surface area contributed by atoms with Crippen LogP contribution in [0.4, 0.5) is 0 Å². The lowest BCUT2D eigenvalue weighted by atomic mass is 9.85. The zero-order valence-corrected chi connectivity index (χ0v) is 15.7. The highest BCUT2D eigenvalue weighted by atomic mass is 35.5. The third kappa shape index (κ3) is 3.79. The van der Waals surface area contributed by atoms with Gasteiger partial charge in [-0.05, 0) is 43.4 Å². The van der Waals surface area contributed by atoms with Crippen LogP contribution in [0.2, 0.25) is 0 Å². The van der Waals surface area contributed by atoms with Crippen LogP contribution in [-0.4, -0.2) is 48.5 Å². The van der Waals surface area contributed by atoms with Gasteiger partial charge in [-0.15, -0.1) is 12.4 Å². The fraction of sp³-hybridized carbons (Fsp3) is 0.812. The number of nitrogens with one attached hydrogen (secondary N) is 1. The largest absolute Gasteiger partial charge is 0.339 e. The Hall–Kier alpha value is -0.630. The summed E-state index contributed by atoms with van der Waals surface area (Å²) in [6.45, 7) is 3.05. The first-order valence-corrected chi connectivity index (χ1v) is 10.2. The molecular weight excluding hydrogens is 348 g/mol. The molecule has 2 aliphatic carbocycles. The van der Waals surface area contributed by atoms with Crippen molar-refractivity contribution in [2.45, 2.75) is 43.2 Å². The lowest BCUT2D eigenvalue weighted by molar-refractivity contribution is 0.198. The van der Waals surface area contributed by atoms with Gasteiger partial charge >= 0.3 is 0 Å². The third-order valence-electron chi connectivity index (χ3n) is 5.67. The molecule has 136 valence electrons. The minimum absolute atomic E-state index is 0. The molecule has 0 aromatic carbocycles. The SMILES string of the molecule is Cl.Cn1cnc(S(=O)(=O)N[C@H]2CN(CC3CCC3)C[C@@H]2C2CC2)c1. The number of hydrogen-bond donors (Lipinski definition) is 1. The lowest BCUT2D eigenvalue weighted by Gasteiger charge is -2.30. The highest BCUT2D eigenvalue weighted by Crippen LogP contribution is 2.42. The molecule has 2 saturated carbocycles. The third-order valence-corrected chi connectivity index (χ3v) is 7.05. The van der Waals surface area contributed by atoms with Gasteiger partial charge in [0.2, 0.25) is 0 Å². The summed E-state index contributed by atoms with van der Waals surface area (Å²) in [6, 6.07) is 0.0367. The Morgan fingerprint density at radius 1 is 1.25 bits per heavy atom. The average Bonchev–Trinajstić information content (AvgIpc) is 3.07. The summed E-state index contributed by atoms with van der Waals surface area (Å²) in [4.78, 5) is 6.49. The van der Waals surface area contributed by atoms with Gasteiger partial charge in [-0.2, -0.15) is 0 Å². The molecule has 0 spiro atoms. The maximum absolute atomic E-state index is 12.6. The van der Waals surface area contributed by atoms with Gasteiger partial charge in [0, 0.05) is 38.9 Å². The monoisotopic (exact) mass is 374 g/mol. The van der Waals surface area contributed by atoms with Crippen LogP contribution in [0, 0.1) is 17.8 Å². The Kier molecular flexibility index (Phi) is 5.25.